The second-order valence-electron chi connectivity index (χ2n) is 9.15. The summed E-state index contributed by atoms with van der Waals surface area (Å²) in [6.07, 6.45) is 15.8. The molecule has 1 aliphatic heterocycles. The van der Waals surface area contributed by atoms with Gasteiger partial charge in [0.15, 0.2) is 0 Å². The molecule has 0 amide bonds. The minimum atomic E-state index is 0.136. The van der Waals surface area contributed by atoms with E-state index < -0.39 is 0 Å². The summed E-state index contributed by atoms with van der Waals surface area (Å²) in [7, 11) is 0. The molecule has 28 heavy (non-hydrogen) atoms. The van der Waals surface area contributed by atoms with Gasteiger partial charge in [0, 0.05) is 23.9 Å². The summed E-state index contributed by atoms with van der Waals surface area (Å²) < 4.78 is 6.37. The molecule has 1 aliphatic carbocycles. The van der Waals surface area contributed by atoms with Crippen molar-refractivity contribution in [2.24, 2.45) is 0 Å². The molecule has 2 nitrogen and oxygen atoms in total. The molecule has 2 heteroatoms. The van der Waals surface area contributed by atoms with Crippen molar-refractivity contribution in [2.45, 2.75) is 88.6 Å². The molecule has 0 bridgehead atoms. The molecule has 1 saturated heterocycles. The van der Waals surface area contributed by atoms with Crippen LogP contribution < -0.4 is 0 Å². The van der Waals surface area contributed by atoms with Gasteiger partial charge in [0.2, 0.25) is 0 Å². The van der Waals surface area contributed by atoms with Gasteiger partial charge < -0.3 is 4.74 Å². The Balaban J connectivity index is 1.40. The van der Waals surface area contributed by atoms with Crippen molar-refractivity contribution in [1.82, 2.24) is 4.98 Å². The lowest BCUT2D eigenvalue weighted by molar-refractivity contribution is -0.104. The molecule has 1 aromatic carbocycles. The first-order chi connectivity index (χ1) is 13.7. The zero-order chi connectivity index (χ0) is 19.3. The molecule has 2 heterocycles. The second-order valence-corrected chi connectivity index (χ2v) is 9.15. The summed E-state index contributed by atoms with van der Waals surface area (Å²) in [4.78, 5) is 4.83. The average molecular weight is 378 g/mol. The first kappa shape index (κ1) is 19.6. The van der Waals surface area contributed by atoms with E-state index in [1.165, 1.54) is 81.0 Å². The van der Waals surface area contributed by atoms with Gasteiger partial charge in [-0.15, -0.1) is 0 Å². The maximum absolute atomic E-state index is 6.37. The van der Waals surface area contributed by atoms with Crippen LogP contribution in [-0.2, 0) is 16.6 Å². The van der Waals surface area contributed by atoms with E-state index in [2.05, 4.69) is 43.3 Å². The number of hydrogen-bond acceptors (Lipinski definition) is 2. The van der Waals surface area contributed by atoms with E-state index in [0.717, 1.165) is 13.0 Å². The summed E-state index contributed by atoms with van der Waals surface area (Å²) in [5.41, 5.74) is 4.60. The van der Waals surface area contributed by atoms with E-state index in [0.29, 0.717) is 0 Å². The second kappa shape index (κ2) is 8.78. The van der Waals surface area contributed by atoms with Crippen LogP contribution in [0, 0.1) is 6.92 Å². The number of benzene rings is 1. The van der Waals surface area contributed by atoms with Gasteiger partial charge in [0.05, 0.1) is 5.60 Å². The summed E-state index contributed by atoms with van der Waals surface area (Å²) in [6.45, 7) is 3.13. The van der Waals surface area contributed by atoms with E-state index in [1.54, 1.807) is 0 Å². The predicted octanol–water partition coefficient (Wildman–Crippen LogP) is 6.55. The Labute approximate surface area is 170 Å². The molecule has 4 rings (SSSR count). The van der Waals surface area contributed by atoms with E-state index >= 15 is 0 Å². The standard InChI is InChI=1S/C26H35NO/c1-22-11-4-5-13-23(22)12-3-2-7-15-25(24-14-6-10-19-27-24)18-20-28-26(21-25)16-8-9-17-26/h4-6,10-11,13-14,19H,2-3,7-9,12,15-18,20-21H2,1H3/t25-/m1/s1. The molecule has 2 aromatic rings. The molecule has 2 aliphatic rings. The van der Waals surface area contributed by atoms with Gasteiger partial charge in [0.1, 0.15) is 0 Å². The largest absolute Gasteiger partial charge is 0.375 e. The Morgan fingerprint density at radius 1 is 0.929 bits per heavy atom. The van der Waals surface area contributed by atoms with E-state index in [1.807, 2.05) is 12.3 Å². The number of ether oxygens (including phenoxy) is 1. The highest BCUT2D eigenvalue weighted by Crippen LogP contribution is 2.50. The highest BCUT2D eigenvalue weighted by molar-refractivity contribution is 5.25. The average Bonchev–Trinajstić information content (AvgIpc) is 3.17. The van der Waals surface area contributed by atoms with E-state index in [9.17, 15) is 0 Å². The quantitative estimate of drug-likeness (QED) is 0.510. The van der Waals surface area contributed by atoms with Gasteiger partial charge in [-0.2, -0.15) is 0 Å². The van der Waals surface area contributed by atoms with Crippen LogP contribution in [0.25, 0.3) is 0 Å². The predicted molar refractivity (Wildman–Crippen MR) is 116 cm³/mol. The SMILES string of the molecule is Cc1ccccc1CCCCC[C@@]1(c2ccccn2)CCOC2(CCCC2)C1. The number of unbranched alkanes of at least 4 members (excludes halogenated alkanes) is 2. The molecule has 0 radical (unpaired) electrons. The summed E-state index contributed by atoms with van der Waals surface area (Å²) in [5.74, 6) is 0. The van der Waals surface area contributed by atoms with Crippen LogP contribution in [0.3, 0.4) is 0 Å². The number of aryl methyl sites for hydroxylation is 2. The van der Waals surface area contributed by atoms with Crippen molar-refractivity contribution in [3.63, 3.8) is 0 Å². The number of pyridine rings is 1. The Kier molecular flexibility index (Phi) is 6.16. The Morgan fingerprint density at radius 3 is 2.54 bits per heavy atom. The number of aromatic nitrogens is 1. The van der Waals surface area contributed by atoms with Crippen LogP contribution in [-0.4, -0.2) is 17.2 Å². The van der Waals surface area contributed by atoms with Crippen LogP contribution in [0.4, 0.5) is 0 Å². The fourth-order valence-electron chi connectivity index (χ4n) is 5.64. The van der Waals surface area contributed by atoms with Gasteiger partial charge >= 0.3 is 0 Å². The zero-order valence-electron chi connectivity index (χ0n) is 17.5. The monoisotopic (exact) mass is 377 g/mol. The molecule has 150 valence electrons. The molecule has 1 atom stereocenters. The third-order valence-electron chi connectivity index (χ3n) is 7.24. The smallest absolute Gasteiger partial charge is 0.0691 e. The van der Waals surface area contributed by atoms with Crippen LogP contribution >= 0.6 is 0 Å². The molecular weight excluding hydrogens is 342 g/mol. The molecule has 1 saturated carbocycles. The highest BCUT2D eigenvalue weighted by atomic mass is 16.5. The highest BCUT2D eigenvalue weighted by Gasteiger charge is 2.48. The van der Waals surface area contributed by atoms with Gasteiger partial charge in [0.25, 0.3) is 0 Å². The van der Waals surface area contributed by atoms with E-state index in [4.69, 9.17) is 9.72 Å². The fourth-order valence-corrected chi connectivity index (χ4v) is 5.64. The van der Waals surface area contributed by atoms with Crippen molar-refractivity contribution < 1.29 is 4.74 Å². The van der Waals surface area contributed by atoms with Crippen molar-refractivity contribution in [3.05, 3.63) is 65.5 Å². The fraction of sp³-hybridized carbons (Fsp3) is 0.577. The van der Waals surface area contributed by atoms with Gasteiger partial charge in [-0.25, -0.2) is 0 Å². The lowest BCUT2D eigenvalue weighted by atomic mass is 9.67. The Bertz CT molecular complexity index is 750. The van der Waals surface area contributed by atoms with Crippen LogP contribution in [0.5, 0.6) is 0 Å². The van der Waals surface area contributed by atoms with Crippen LogP contribution in [0.15, 0.2) is 48.7 Å². The molecule has 1 aromatic heterocycles. The minimum absolute atomic E-state index is 0.136. The van der Waals surface area contributed by atoms with Crippen LogP contribution in [0.2, 0.25) is 0 Å². The minimum Gasteiger partial charge on any atom is -0.375 e. The van der Waals surface area contributed by atoms with Crippen LogP contribution in [0.1, 0.15) is 81.0 Å². The molecule has 1 spiro atoms. The van der Waals surface area contributed by atoms with Crippen molar-refractivity contribution in [2.75, 3.05) is 6.61 Å². The van der Waals surface area contributed by atoms with Gasteiger partial charge in [-0.05, 0) is 75.1 Å². The maximum atomic E-state index is 6.37. The zero-order valence-corrected chi connectivity index (χ0v) is 17.5. The Morgan fingerprint density at radius 2 is 1.75 bits per heavy atom. The first-order valence-electron chi connectivity index (χ1n) is 11.3. The molecule has 0 unspecified atom stereocenters. The third-order valence-corrected chi connectivity index (χ3v) is 7.24. The number of rotatable bonds is 7. The lowest BCUT2D eigenvalue weighted by Crippen LogP contribution is -2.46. The topological polar surface area (TPSA) is 22.1 Å². The van der Waals surface area contributed by atoms with E-state index in [-0.39, 0.29) is 11.0 Å². The Hall–Kier alpha value is -1.67. The van der Waals surface area contributed by atoms with Gasteiger partial charge in [-0.1, -0.05) is 56.0 Å². The normalized spacial score (nSPS) is 23.9. The maximum Gasteiger partial charge on any atom is 0.0691 e. The summed E-state index contributed by atoms with van der Waals surface area (Å²) in [6, 6.07) is 15.3. The number of nitrogens with zero attached hydrogens (tertiary/aromatic N) is 1. The molecular formula is C26H35NO. The first-order valence-corrected chi connectivity index (χ1v) is 11.3. The summed E-state index contributed by atoms with van der Waals surface area (Å²) in [5, 5.41) is 0. The van der Waals surface area contributed by atoms with Gasteiger partial charge in [-0.3, -0.25) is 4.98 Å². The molecule has 0 N–H and O–H groups in total. The van der Waals surface area contributed by atoms with Crippen molar-refractivity contribution >= 4 is 0 Å². The third kappa shape index (κ3) is 4.33. The number of hydrogen-bond donors (Lipinski definition) is 0. The lowest BCUT2D eigenvalue weighted by Gasteiger charge is -2.46. The van der Waals surface area contributed by atoms with Crippen molar-refractivity contribution in [3.8, 4) is 0 Å². The van der Waals surface area contributed by atoms with Crippen molar-refractivity contribution in [1.29, 1.82) is 0 Å². The molecule has 2 fully saturated rings. The summed E-state index contributed by atoms with van der Waals surface area (Å²) >= 11 is 0.